The Morgan fingerprint density at radius 3 is 1.95 bits per heavy atom. The Bertz CT molecular complexity index is 204. The topological polar surface area (TPSA) is 46.5 Å². The highest BCUT2D eigenvalue weighted by atomic mass is 16.6. The fourth-order valence-electron chi connectivity index (χ4n) is 2.10. The first-order valence-electron chi connectivity index (χ1n) is 8.08. The molecule has 0 spiro atoms. The molecule has 3 heteroatoms. The standard InChI is InChI=1S/C16H32O3/c1-3-5-6-7-8-9-10-11-12-14-16(18)19-15(17)13-4-2/h15,17H,3-14H2,1-2H3. The zero-order valence-corrected chi connectivity index (χ0v) is 12.8. The number of aliphatic hydroxyl groups excluding tert-OH is 1. The van der Waals surface area contributed by atoms with Crippen molar-refractivity contribution in [3.05, 3.63) is 0 Å². The van der Waals surface area contributed by atoms with Gasteiger partial charge in [-0.3, -0.25) is 4.79 Å². The molecule has 0 saturated carbocycles. The third kappa shape index (κ3) is 13.7. The fourth-order valence-corrected chi connectivity index (χ4v) is 2.10. The average Bonchev–Trinajstić information content (AvgIpc) is 2.37. The van der Waals surface area contributed by atoms with Crippen LogP contribution in [-0.2, 0) is 9.53 Å². The van der Waals surface area contributed by atoms with Gasteiger partial charge in [0.15, 0.2) is 0 Å². The van der Waals surface area contributed by atoms with Crippen molar-refractivity contribution in [2.45, 2.75) is 97.2 Å². The van der Waals surface area contributed by atoms with Crippen LogP contribution in [0.1, 0.15) is 90.9 Å². The first kappa shape index (κ1) is 18.4. The van der Waals surface area contributed by atoms with Crippen molar-refractivity contribution < 1.29 is 14.6 Å². The molecule has 0 radical (unpaired) electrons. The summed E-state index contributed by atoms with van der Waals surface area (Å²) in [5.41, 5.74) is 0. The lowest BCUT2D eigenvalue weighted by Crippen LogP contribution is -2.16. The maximum Gasteiger partial charge on any atom is 0.308 e. The van der Waals surface area contributed by atoms with Crippen molar-refractivity contribution in [1.82, 2.24) is 0 Å². The number of carbonyl (C=O) groups excluding carboxylic acids is 1. The highest BCUT2D eigenvalue weighted by molar-refractivity contribution is 5.69. The van der Waals surface area contributed by atoms with Crippen LogP contribution >= 0.6 is 0 Å². The molecule has 0 aromatic rings. The molecule has 0 aliphatic heterocycles. The van der Waals surface area contributed by atoms with Crippen LogP contribution in [0.4, 0.5) is 0 Å². The third-order valence-corrected chi connectivity index (χ3v) is 3.29. The van der Waals surface area contributed by atoms with E-state index in [1.807, 2.05) is 6.92 Å². The Hall–Kier alpha value is -0.570. The van der Waals surface area contributed by atoms with Gasteiger partial charge in [-0.05, 0) is 6.42 Å². The quantitative estimate of drug-likeness (QED) is 0.303. The first-order valence-corrected chi connectivity index (χ1v) is 8.08. The summed E-state index contributed by atoms with van der Waals surface area (Å²) in [6, 6.07) is 0. The summed E-state index contributed by atoms with van der Waals surface area (Å²) in [5.74, 6) is -0.260. The molecular weight excluding hydrogens is 240 g/mol. The average molecular weight is 272 g/mol. The van der Waals surface area contributed by atoms with E-state index in [1.54, 1.807) is 0 Å². The summed E-state index contributed by atoms with van der Waals surface area (Å²) in [4.78, 5) is 11.4. The van der Waals surface area contributed by atoms with Crippen LogP contribution in [0, 0.1) is 0 Å². The summed E-state index contributed by atoms with van der Waals surface area (Å²) in [7, 11) is 0. The number of hydrogen-bond acceptors (Lipinski definition) is 3. The second kappa shape index (κ2) is 13.9. The highest BCUT2D eigenvalue weighted by Gasteiger charge is 2.09. The van der Waals surface area contributed by atoms with Crippen molar-refractivity contribution in [3.8, 4) is 0 Å². The van der Waals surface area contributed by atoms with Crippen molar-refractivity contribution in [2.75, 3.05) is 0 Å². The smallest absolute Gasteiger partial charge is 0.308 e. The molecule has 0 rings (SSSR count). The number of esters is 1. The van der Waals surface area contributed by atoms with Gasteiger partial charge in [-0.1, -0.05) is 71.6 Å². The predicted molar refractivity (Wildman–Crippen MR) is 78.9 cm³/mol. The van der Waals surface area contributed by atoms with E-state index in [1.165, 1.54) is 44.9 Å². The predicted octanol–water partition coefficient (Wildman–Crippen LogP) is 4.57. The molecular formula is C16H32O3. The third-order valence-electron chi connectivity index (χ3n) is 3.29. The molecule has 19 heavy (non-hydrogen) atoms. The maximum absolute atomic E-state index is 11.4. The molecule has 0 bridgehead atoms. The molecule has 114 valence electrons. The molecule has 0 amide bonds. The van der Waals surface area contributed by atoms with Gasteiger partial charge >= 0.3 is 5.97 Å². The Kier molecular flexibility index (Phi) is 13.4. The van der Waals surface area contributed by atoms with Crippen LogP contribution in [0.3, 0.4) is 0 Å². The van der Waals surface area contributed by atoms with Gasteiger partial charge in [-0.2, -0.15) is 0 Å². The normalized spacial score (nSPS) is 12.4. The van der Waals surface area contributed by atoms with Crippen molar-refractivity contribution in [3.63, 3.8) is 0 Å². The largest absolute Gasteiger partial charge is 0.436 e. The van der Waals surface area contributed by atoms with E-state index >= 15 is 0 Å². The minimum Gasteiger partial charge on any atom is -0.436 e. The van der Waals surface area contributed by atoms with Crippen LogP contribution in [0.2, 0.25) is 0 Å². The first-order chi connectivity index (χ1) is 9.20. The SMILES string of the molecule is CCCCCCCCCCCC(=O)OC(O)CCC. The minimum atomic E-state index is -0.906. The van der Waals surface area contributed by atoms with E-state index < -0.39 is 6.29 Å². The molecule has 1 N–H and O–H groups in total. The summed E-state index contributed by atoms with van der Waals surface area (Å²) in [6.45, 7) is 4.19. The maximum atomic E-state index is 11.4. The number of aliphatic hydroxyl groups is 1. The van der Waals surface area contributed by atoms with E-state index in [9.17, 15) is 9.90 Å². The molecule has 3 nitrogen and oxygen atoms in total. The number of carbonyl (C=O) groups is 1. The summed E-state index contributed by atoms with van der Waals surface area (Å²) >= 11 is 0. The monoisotopic (exact) mass is 272 g/mol. The van der Waals surface area contributed by atoms with Gasteiger partial charge < -0.3 is 9.84 Å². The van der Waals surface area contributed by atoms with Crippen LogP contribution in [-0.4, -0.2) is 17.4 Å². The molecule has 1 unspecified atom stereocenters. The van der Waals surface area contributed by atoms with Crippen LogP contribution in [0.25, 0.3) is 0 Å². The summed E-state index contributed by atoms with van der Waals surface area (Å²) < 4.78 is 4.88. The van der Waals surface area contributed by atoms with Gasteiger partial charge in [0.2, 0.25) is 6.29 Å². The summed E-state index contributed by atoms with van der Waals surface area (Å²) in [5, 5.41) is 9.32. The molecule has 0 aliphatic rings. The molecule has 0 saturated heterocycles. The van der Waals surface area contributed by atoms with Crippen LogP contribution in [0.5, 0.6) is 0 Å². The molecule has 0 fully saturated rings. The van der Waals surface area contributed by atoms with Crippen LogP contribution in [0.15, 0.2) is 0 Å². The Balaban J connectivity index is 3.23. The molecule has 0 heterocycles. The van der Waals surface area contributed by atoms with Crippen molar-refractivity contribution in [2.24, 2.45) is 0 Å². The minimum absolute atomic E-state index is 0.260. The molecule has 1 atom stereocenters. The second-order valence-electron chi connectivity index (χ2n) is 5.31. The number of hydrogen-bond donors (Lipinski definition) is 1. The van der Waals surface area contributed by atoms with Gasteiger partial charge in [0.25, 0.3) is 0 Å². The second-order valence-corrected chi connectivity index (χ2v) is 5.31. The van der Waals surface area contributed by atoms with E-state index in [4.69, 9.17) is 4.74 Å². The molecule has 0 aliphatic carbocycles. The van der Waals surface area contributed by atoms with E-state index in [-0.39, 0.29) is 5.97 Å². The van der Waals surface area contributed by atoms with Gasteiger partial charge in [0.05, 0.1) is 0 Å². The summed E-state index contributed by atoms with van der Waals surface area (Å²) in [6.07, 6.45) is 12.0. The highest BCUT2D eigenvalue weighted by Crippen LogP contribution is 2.11. The van der Waals surface area contributed by atoms with Crippen molar-refractivity contribution in [1.29, 1.82) is 0 Å². The van der Waals surface area contributed by atoms with Crippen molar-refractivity contribution >= 4 is 5.97 Å². The fraction of sp³-hybridized carbons (Fsp3) is 0.938. The Labute approximate surface area is 118 Å². The molecule has 0 aromatic heterocycles. The zero-order valence-electron chi connectivity index (χ0n) is 12.8. The van der Waals surface area contributed by atoms with Gasteiger partial charge in [-0.15, -0.1) is 0 Å². The van der Waals surface area contributed by atoms with E-state index in [2.05, 4.69) is 6.92 Å². The Morgan fingerprint density at radius 2 is 1.42 bits per heavy atom. The lowest BCUT2D eigenvalue weighted by atomic mass is 10.1. The number of unbranched alkanes of at least 4 members (excludes halogenated alkanes) is 8. The zero-order chi connectivity index (χ0) is 14.3. The van der Waals surface area contributed by atoms with Gasteiger partial charge in [0, 0.05) is 12.8 Å². The van der Waals surface area contributed by atoms with Crippen LogP contribution < -0.4 is 0 Å². The lowest BCUT2D eigenvalue weighted by Gasteiger charge is -2.10. The van der Waals surface area contributed by atoms with Gasteiger partial charge in [-0.25, -0.2) is 0 Å². The number of rotatable bonds is 13. The van der Waals surface area contributed by atoms with E-state index in [0.717, 1.165) is 19.3 Å². The Morgan fingerprint density at radius 1 is 0.895 bits per heavy atom. The van der Waals surface area contributed by atoms with E-state index in [0.29, 0.717) is 12.8 Å². The molecule has 0 aromatic carbocycles. The van der Waals surface area contributed by atoms with Gasteiger partial charge in [0.1, 0.15) is 0 Å². The lowest BCUT2D eigenvalue weighted by molar-refractivity contribution is -0.168. The number of ether oxygens (including phenoxy) is 1.